The van der Waals surface area contributed by atoms with Crippen molar-refractivity contribution in [2.45, 2.75) is 83.9 Å². The molecule has 1 aliphatic rings. The summed E-state index contributed by atoms with van der Waals surface area (Å²) in [6.07, 6.45) is 2.46. The van der Waals surface area contributed by atoms with E-state index in [1.165, 1.54) is 18.2 Å². The number of fused-ring (bicyclic) bond motifs is 4. The predicted molar refractivity (Wildman–Crippen MR) is 182 cm³/mol. The zero-order valence-electron chi connectivity index (χ0n) is 27.4. The van der Waals surface area contributed by atoms with Crippen LogP contribution in [0, 0.1) is 0 Å². The Labute approximate surface area is 279 Å². The molecule has 2 aromatic heterocycles. The maximum absolute atomic E-state index is 13.0. The van der Waals surface area contributed by atoms with E-state index in [9.17, 15) is 19.4 Å². The average molecular weight is 688 g/mol. The van der Waals surface area contributed by atoms with Crippen molar-refractivity contribution >= 4 is 53.1 Å². The summed E-state index contributed by atoms with van der Waals surface area (Å²) in [5.41, 5.74) is 8.83. The number of carbonyl (C=O) groups excluding carboxylic acids is 1. The number of amides is 1. The Bertz CT molecular complexity index is 1840. The van der Waals surface area contributed by atoms with Crippen LogP contribution >= 0.6 is 19.4 Å². The van der Waals surface area contributed by atoms with E-state index in [2.05, 4.69) is 37.1 Å². The number of phenolic OH excluding ortho intramolecular Hbond substituents is 1. The highest BCUT2D eigenvalue weighted by Crippen LogP contribution is 2.56. The molecule has 12 nitrogen and oxygen atoms in total. The maximum Gasteiger partial charge on any atom is 0.529 e. The topological polar surface area (TPSA) is 171 Å². The Morgan fingerprint density at radius 2 is 1.89 bits per heavy atom. The smallest absolute Gasteiger partial charge is 0.508 e. The van der Waals surface area contributed by atoms with Crippen LogP contribution in [0.3, 0.4) is 0 Å². The largest absolute Gasteiger partial charge is 0.529 e. The van der Waals surface area contributed by atoms with Crippen LogP contribution in [-0.4, -0.2) is 55.1 Å². The number of aromatic hydroxyl groups is 1. The molecule has 47 heavy (non-hydrogen) atoms. The van der Waals surface area contributed by atoms with E-state index < -0.39 is 19.6 Å². The third-order valence-corrected chi connectivity index (χ3v) is 9.67. The number of phosphoric ester groups is 1. The number of rotatable bonds is 13. The molecule has 2 unspecified atom stereocenters. The third kappa shape index (κ3) is 7.68. The number of phenols is 1. The van der Waals surface area contributed by atoms with Crippen molar-refractivity contribution in [3.05, 3.63) is 53.3 Å². The molecule has 254 valence electrons. The second-order valence-corrected chi connectivity index (χ2v) is 14.8. The van der Waals surface area contributed by atoms with Crippen LogP contribution in [0.2, 0.25) is 0 Å². The first-order chi connectivity index (χ1) is 22.1. The molecule has 0 bridgehead atoms. The molecule has 1 amide bonds. The lowest BCUT2D eigenvalue weighted by molar-refractivity contribution is -0.120. The number of unbranched alkanes of at least 4 members (excludes halogenated alkanes) is 1. The monoisotopic (exact) mass is 687 g/mol. The number of carbonyl (C=O) groups is 1. The molecular weight excluding hydrogens is 645 g/mol. The van der Waals surface area contributed by atoms with Gasteiger partial charge in [0.2, 0.25) is 5.91 Å². The zero-order chi connectivity index (χ0) is 34.1. The number of hydrogen-bond donors (Lipinski definition) is 4. The minimum absolute atomic E-state index is 0.0454. The minimum Gasteiger partial charge on any atom is -0.508 e. The summed E-state index contributed by atoms with van der Waals surface area (Å²) in [6.45, 7) is 11.2. The lowest BCUT2D eigenvalue weighted by atomic mass is 9.81. The fourth-order valence-corrected chi connectivity index (χ4v) is 6.79. The van der Waals surface area contributed by atoms with Gasteiger partial charge in [0.25, 0.3) is 0 Å². The fourth-order valence-electron chi connectivity index (χ4n) is 5.81. The van der Waals surface area contributed by atoms with E-state index >= 15 is 0 Å². The number of imidazole rings is 1. The van der Waals surface area contributed by atoms with Crippen LogP contribution in [0.5, 0.6) is 11.5 Å². The molecular formula is C33H43ClN5O7P. The number of halogens is 1. The van der Waals surface area contributed by atoms with E-state index in [0.717, 1.165) is 23.8 Å². The number of pyridine rings is 1. The Balaban J connectivity index is 1.53. The van der Waals surface area contributed by atoms with Gasteiger partial charge in [-0.1, -0.05) is 33.3 Å². The van der Waals surface area contributed by atoms with Gasteiger partial charge < -0.3 is 25.4 Å². The van der Waals surface area contributed by atoms with Crippen molar-refractivity contribution in [1.82, 2.24) is 19.9 Å². The number of phosphoric acid groups is 1. The van der Waals surface area contributed by atoms with Crippen LogP contribution in [0.25, 0.3) is 21.9 Å². The van der Waals surface area contributed by atoms with Crippen molar-refractivity contribution in [2.75, 3.05) is 24.8 Å². The first-order valence-corrected chi connectivity index (χ1v) is 17.8. The molecule has 14 heteroatoms. The number of ether oxygens (including phenoxy) is 1. The fraction of sp³-hybridized carbons (Fsp3) is 0.485. The van der Waals surface area contributed by atoms with Crippen LogP contribution in [0.1, 0.15) is 83.5 Å². The molecule has 5 N–H and O–H groups in total. The van der Waals surface area contributed by atoms with Gasteiger partial charge in [0, 0.05) is 36.1 Å². The van der Waals surface area contributed by atoms with Gasteiger partial charge in [-0.25, -0.2) is 19.1 Å². The van der Waals surface area contributed by atoms with Gasteiger partial charge in [-0.3, -0.25) is 14.3 Å². The molecule has 3 heterocycles. The van der Waals surface area contributed by atoms with E-state index in [4.69, 9.17) is 36.1 Å². The van der Waals surface area contributed by atoms with Crippen molar-refractivity contribution in [1.29, 1.82) is 0 Å². The number of benzene rings is 2. The quantitative estimate of drug-likeness (QED) is 0.0693. The molecule has 1 aliphatic heterocycles. The zero-order valence-corrected chi connectivity index (χ0v) is 29.0. The Hall–Kier alpha value is -3.41. The number of hydrogen-bond acceptors (Lipinski definition) is 9. The maximum atomic E-state index is 13.0. The van der Waals surface area contributed by atoms with E-state index in [1.807, 2.05) is 26.0 Å². The van der Waals surface area contributed by atoms with Crippen molar-refractivity contribution in [2.24, 2.45) is 0 Å². The number of alkyl halides is 1. The third-order valence-electron chi connectivity index (χ3n) is 8.54. The number of anilines is 1. The number of nitrogens with two attached hydrogens (primary N) is 1. The number of aryl methyl sites for hydroxylation is 1. The summed E-state index contributed by atoms with van der Waals surface area (Å²) < 4.78 is 31.8. The van der Waals surface area contributed by atoms with Crippen LogP contribution in [0.4, 0.5) is 5.82 Å². The highest BCUT2D eigenvalue weighted by Gasteiger charge is 2.40. The summed E-state index contributed by atoms with van der Waals surface area (Å²) in [5, 5.41) is 14.0. The van der Waals surface area contributed by atoms with Gasteiger partial charge in [0.15, 0.2) is 12.0 Å². The summed E-state index contributed by atoms with van der Waals surface area (Å²) in [7, 11) is -4.52. The molecule has 0 saturated carbocycles. The van der Waals surface area contributed by atoms with Crippen molar-refractivity contribution in [3.8, 4) is 11.5 Å². The second-order valence-electron chi connectivity index (χ2n) is 13.2. The van der Waals surface area contributed by atoms with E-state index in [-0.39, 0.29) is 34.5 Å². The predicted octanol–water partition coefficient (Wildman–Crippen LogP) is 6.48. The summed E-state index contributed by atoms with van der Waals surface area (Å²) in [5.74, 6) is 0.620. The number of nitrogens with one attached hydrogen (secondary N) is 1. The SMILES string of the molecule is CCCCc1nc2c(N)nc3ccc(C(C)(C)CCOCCC(C)(C)NC(=O)CCl)cc3c2n1C1OP(=O)(O)Oc2ccc(O)cc21. The normalized spacial score (nSPS) is 18.3. The lowest BCUT2D eigenvalue weighted by Crippen LogP contribution is -2.44. The molecule has 0 spiro atoms. The van der Waals surface area contributed by atoms with Gasteiger partial charge in [0.05, 0.1) is 11.0 Å². The van der Waals surface area contributed by atoms with Crippen LogP contribution in [-0.2, 0) is 30.5 Å². The Kier molecular flexibility index (Phi) is 10.1. The average Bonchev–Trinajstić information content (AvgIpc) is 3.39. The molecule has 0 saturated heterocycles. The summed E-state index contributed by atoms with van der Waals surface area (Å²) >= 11 is 5.63. The van der Waals surface area contributed by atoms with Crippen LogP contribution < -0.4 is 15.6 Å². The van der Waals surface area contributed by atoms with E-state index in [1.54, 1.807) is 4.57 Å². The van der Waals surface area contributed by atoms with Gasteiger partial charge in [-0.05, 0) is 74.4 Å². The molecule has 2 aromatic carbocycles. The Morgan fingerprint density at radius 3 is 2.62 bits per heavy atom. The molecule has 2 atom stereocenters. The highest BCUT2D eigenvalue weighted by molar-refractivity contribution is 7.47. The lowest BCUT2D eigenvalue weighted by Gasteiger charge is -2.31. The number of aromatic nitrogens is 3. The first kappa shape index (κ1) is 34.9. The molecule has 0 radical (unpaired) electrons. The van der Waals surface area contributed by atoms with Crippen molar-refractivity contribution < 1.29 is 33.1 Å². The molecule has 4 aromatic rings. The highest BCUT2D eigenvalue weighted by atomic mass is 35.5. The molecule has 0 aliphatic carbocycles. The standard InChI is InChI=1S/C33H43ClN5O7P/c1-6-7-8-26-37-28-29(39(26)31-23-18-21(40)10-12-25(23)45-47(42,43)46-31)22-17-20(9-11-24(22)36-30(28)35)32(2,3)13-15-44-16-14-33(4,5)38-27(41)19-34/h9-12,17-18,31,40H,6-8,13-16,19H2,1-5H3,(H2,35,36)(H,38,41)(H,42,43). The van der Waals surface area contributed by atoms with Gasteiger partial charge in [0.1, 0.15) is 28.7 Å². The summed E-state index contributed by atoms with van der Waals surface area (Å²) in [6, 6.07) is 10.3. The van der Waals surface area contributed by atoms with Gasteiger partial charge in [-0.15, -0.1) is 11.6 Å². The van der Waals surface area contributed by atoms with Gasteiger partial charge >= 0.3 is 7.82 Å². The second kappa shape index (κ2) is 13.6. The summed E-state index contributed by atoms with van der Waals surface area (Å²) in [4.78, 5) is 31.8. The molecule has 5 rings (SSSR count). The van der Waals surface area contributed by atoms with Crippen molar-refractivity contribution in [3.63, 3.8) is 0 Å². The number of nitrogen functional groups attached to an aromatic ring is 1. The van der Waals surface area contributed by atoms with Crippen LogP contribution in [0.15, 0.2) is 36.4 Å². The molecule has 0 fully saturated rings. The Morgan fingerprint density at radius 1 is 1.15 bits per heavy atom. The first-order valence-electron chi connectivity index (χ1n) is 15.7. The number of nitrogens with zero attached hydrogens (tertiary/aromatic N) is 3. The van der Waals surface area contributed by atoms with Gasteiger partial charge in [-0.2, -0.15) is 0 Å². The minimum atomic E-state index is -4.52. The van der Waals surface area contributed by atoms with E-state index in [0.29, 0.717) is 60.4 Å².